The number of methoxy groups -OCH3 is 3. The molecule has 32 heavy (non-hydrogen) atoms. The molecule has 0 radical (unpaired) electrons. The van der Waals surface area contributed by atoms with Crippen molar-refractivity contribution in [3.8, 4) is 17.2 Å². The summed E-state index contributed by atoms with van der Waals surface area (Å²) in [5.74, 6) is 1.73. The first kappa shape index (κ1) is 25.5. The lowest BCUT2D eigenvalue weighted by atomic mass is 9.77. The van der Waals surface area contributed by atoms with Crippen molar-refractivity contribution >= 4 is 12.4 Å². The first-order chi connectivity index (χ1) is 15.0. The lowest BCUT2D eigenvalue weighted by molar-refractivity contribution is 0.0239. The third-order valence-electron chi connectivity index (χ3n) is 5.65. The molecule has 3 aromatic rings. The first-order valence-electron chi connectivity index (χ1n) is 10.4. The van der Waals surface area contributed by atoms with Crippen LogP contribution < -0.4 is 19.5 Å². The quantitative estimate of drug-likeness (QED) is 0.458. The zero-order valence-corrected chi connectivity index (χ0v) is 19.8. The molecular weight excluding hydrogens is 426 g/mol. The fraction of sp³-hybridized carbons (Fsp3) is 0.308. The predicted octanol–water partition coefficient (Wildman–Crippen LogP) is 4.80. The zero-order chi connectivity index (χ0) is 22.3. The fourth-order valence-electron chi connectivity index (χ4n) is 3.94. The van der Waals surface area contributed by atoms with Crippen LogP contribution in [0.4, 0.5) is 0 Å². The lowest BCUT2D eigenvalue weighted by Gasteiger charge is -2.35. The molecule has 1 atom stereocenters. The zero-order valence-electron chi connectivity index (χ0n) is 19.0. The van der Waals surface area contributed by atoms with Crippen molar-refractivity contribution in [3.63, 3.8) is 0 Å². The van der Waals surface area contributed by atoms with Gasteiger partial charge in [-0.3, -0.25) is 0 Å². The molecule has 3 rings (SSSR count). The van der Waals surface area contributed by atoms with E-state index in [-0.39, 0.29) is 18.3 Å². The van der Waals surface area contributed by atoms with Gasteiger partial charge in [-0.2, -0.15) is 0 Å². The minimum absolute atomic E-state index is 0. The number of benzene rings is 3. The van der Waals surface area contributed by atoms with Gasteiger partial charge in [0.15, 0.2) is 11.5 Å². The van der Waals surface area contributed by atoms with Crippen molar-refractivity contribution < 1.29 is 19.3 Å². The Morgan fingerprint density at radius 3 is 1.69 bits per heavy atom. The van der Waals surface area contributed by atoms with Crippen molar-refractivity contribution in [1.82, 2.24) is 5.32 Å². The van der Waals surface area contributed by atoms with Crippen LogP contribution in [-0.2, 0) is 12.1 Å². The first-order valence-corrected chi connectivity index (χ1v) is 10.4. The van der Waals surface area contributed by atoms with Crippen LogP contribution in [0.3, 0.4) is 0 Å². The fourth-order valence-corrected chi connectivity index (χ4v) is 3.94. The van der Waals surface area contributed by atoms with E-state index in [4.69, 9.17) is 14.2 Å². The third-order valence-corrected chi connectivity index (χ3v) is 5.65. The second-order valence-corrected chi connectivity index (χ2v) is 7.56. The average Bonchev–Trinajstić information content (AvgIpc) is 2.83. The topological polar surface area (TPSA) is 60.0 Å². The Morgan fingerprint density at radius 1 is 0.812 bits per heavy atom. The summed E-state index contributed by atoms with van der Waals surface area (Å²) in [6, 6.07) is 23.5. The van der Waals surface area contributed by atoms with Gasteiger partial charge in [0.1, 0.15) is 5.60 Å². The van der Waals surface area contributed by atoms with Crippen LogP contribution in [-0.4, -0.2) is 33.0 Å². The molecule has 5 nitrogen and oxygen atoms in total. The minimum Gasteiger partial charge on any atom is -0.493 e. The molecule has 0 aliphatic rings. The number of hydrogen-bond donors (Lipinski definition) is 2. The summed E-state index contributed by atoms with van der Waals surface area (Å²) in [6.07, 6.45) is 0. The van der Waals surface area contributed by atoms with Gasteiger partial charge in [0.2, 0.25) is 5.75 Å². The maximum Gasteiger partial charge on any atom is 0.203 e. The van der Waals surface area contributed by atoms with Crippen LogP contribution in [0, 0.1) is 5.92 Å². The molecule has 6 heteroatoms. The second-order valence-electron chi connectivity index (χ2n) is 7.56. The Labute approximate surface area is 196 Å². The smallest absolute Gasteiger partial charge is 0.203 e. The largest absolute Gasteiger partial charge is 0.493 e. The molecule has 172 valence electrons. The van der Waals surface area contributed by atoms with E-state index in [9.17, 15) is 5.11 Å². The molecule has 0 aliphatic carbocycles. The predicted molar refractivity (Wildman–Crippen MR) is 130 cm³/mol. The van der Waals surface area contributed by atoms with Gasteiger partial charge in [-0.25, -0.2) is 0 Å². The van der Waals surface area contributed by atoms with E-state index in [1.807, 2.05) is 72.8 Å². The molecule has 3 aromatic carbocycles. The monoisotopic (exact) mass is 457 g/mol. The van der Waals surface area contributed by atoms with Gasteiger partial charge < -0.3 is 24.6 Å². The Morgan fingerprint density at radius 2 is 1.28 bits per heavy atom. The highest BCUT2D eigenvalue weighted by Gasteiger charge is 2.37. The normalized spacial score (nSPS) is 11.9. The number of aliphatic hydroxyl groups is 1. The van der Waals surface area contributed by atoms with Crippen LogP contribution >= 0.6 is 12.4 Å². The van der Waals surface area contributed by atoms with Gasteiger partial charge >= 0.3 is 0 Å². The number of halogens is 1. The average molecular weight is 458 g/mol. The molecule has 0 amide bonds. The summed E-state index contributed by atoms with van der Waals surface area (Å²) in [5.41, 5.74) is 1.65. The minimum atomic E-state index is -1.11. The highest BCUT2D eigenvalue weighted by molar-refractivity contribution is 5.85. The number of hydrogen-bond acceptors (Lipinski definition) is 5. The van der Waals surface area contributed by atoms with E-state index in [0.717, 1.165) is 16.7 Å². The maximum atomic E-state index is 11.9. The third kappa shape index (κ3) is 5.36. The summed E-state index contributed by atoms with van der Waals surface area (Å²) in [5, 5.41) is 15.3. The maximum absolute atomic E-state index is 11.9. The molecule has 0 aliphatic heterocycles. The van der Waals surface area contributed by atoms with Crippen molar-refractivity contribution in [1.29, 1.82) is 0 Å². The van der Waals surface area contributed by atoms with Gasteiger partial charge in [-0.1, -0.05) is 67.6 Å². The molecule has 2 N–H and O–H groups in total. The molecule has 0 bridgehead atoms. The summed E-state index contributed by atoms with van der Waals surface area (Å²) in [6.45, 7) is 3.26. The SMILES string of the molecule is COc1cc(CNCC(C)C(O)(c2ccccc2)c2ccccc2)cc(OC)c1OC.Cl. The molecular formula is C26H32ClNO4. The summed E-state index contributed by atoms with van der Waals surface area (Å²) in [7, 11) is 4.81. The van der Waals surface area contributed by atoms with Crippen molar-refractivity contribution in [2.75, 3.05) is 27.9 Å². The highest BCUT2D eigenvalue weighted by Crippen LogP contribution is 2.39. The summed E-state index contributed by atoms with van der Waals surface area (Å²) in [4.78, 5) is 0. The van der Waals surface area contributed by atoms with Crippen LogP contribution in [0.25, 0.3) is 0 Å². The van der Waals surface area contributed by atoms with Gasteiger partial charge in [0.25, 0.3) is 0 Å². The van der Waals surface area contributed by atoms with E-state index in [1.54, 1.807) is 21.3 Å². The highest BCUT2D eigenvalue weighted by atomic mass is 35.5. The number of rotatable bonds is 10. The Kier molecular flexibility index (Phi) is 9.39. The lowest BCUT2D eigenvalue weighted by Crippen LogP contribution is -2.40. The second kappa shape index (κ2) is 11.8. The molecule has 0 spiro atoms. The van der Waals surface area contributed by atoms with Crippen LogP contribution in [0.1, 0.15) is 23.6 Å². The van der Waals surface area contributed by atoms with E-state index >= 15 is 0 Å². The van der Waals surface area contributed by atoms with E-state index in [1.165, 1.54) is 0 Å². The van der Waals surface area contributed by atoms with Gasteiger partial charge in [-0.15, -0.1) is 12.4 Å². The van der Waals surface area contributed by atoms with Crippen molar-refractivity contribution in [2.24, 2.45) is 5.92 Å². The Hall–Kier alpha value is -2.73. The number of nitrogens with one attached hydrogen (secondary N) is 1. The molecule has 0 saturated carbocycles. The number of ether oxygens (including phenoxy) is 3. The summed E-state index contributed by atoms with van der Waals surface area (Å²) >= 11 is 0. The Balaban J connectivity index is 0.00000363. The summed E-state index contributed by atoms with van der Waals surface area (Å²) < 4.78 is 16.3. The van der Waals surface area contributed by atoms with Crippen LogP contribution in [0.5, 0.6) is 17.2 Å². The molecule has 0 heterocycles. The molecule has 0 fully saturated rings. The van der Waals surface area contributed by atoms with E-state index in [2.05, 4.69) is 12.2 Å². The van der Waals surface area contributed by atoms with E-state index in [0.29, 0.717) is 30.3 Å². The van der Waals surface area contributed by atoms with Crippen molar-refractivity contribution in [2.45, 2.75) is 19.1 Å². The van der Waals surface area contributed by atoms with Crippen LogP contribution in [0.2, 0.25) is 0 Å². The molecule has 0 saturated heterocycles. The van der Waals surface area contributed by atoms with Gasteiger partial charge in [0.05, 0.1) is 21.3 Å². The van der Waals surface area contributed by atoms with E-state index < -0.39 is 5.60 Å². The van der Waals surface area contributed by atoms with Crippen LogP contribution in [0.15, 0.2) is 72.8 Å². The Bertz CT molecular complexity index is 902. The van der Waals surface area contributed by atoms with Crippen molar-refractivity contribution in [3.05, 3.63) is 89.5 Å². The molecule has 1 unspecified atom stereocenters. The van der Waals surface area contributed by atoms with Gasteiger partial charge in [-0.05, 0) is 28.8 Å². The standard InChI is InChI=1S/C26H31NO4.ClH/c1-19(17-27-18-20-15-23(29-2)25(31-4)24(16-20)30-3)26(28,21-11-7-5-8-12-21)22-13-9-6-10-14-22;/h5-16,19,27-28H,17-18H2,1-4H3;1H. The molecule has 0 aromatic heterocycles. The van der Waals surface area contributed by atoms with Gasteiger partial charge in [0, 0.05) is 19.0 Å².